The molecule has 0 aliphatic carbocycles. The van der Waals surface area contributed by atoms with Crippen LogP contribution in [-0.4, -0.2) is 14.5 Å². The van der Waals surface area contributed by atoms with Crippen molar-refractivity contribution in [2.24, 2.45) is 0 Å². The van der Waals surface area contributed by atoms with Crippen molar-refractivity contribution in [3.63, 3.8) is 0 Å². The van der Waals surface area contributed by atoms with Crippen molar-refractivity contribution in [2.75, 3.05) is 0 Å². The number of fused-ring (bicyclic) bond motifs is 1. The molecule has 0 unspecified atom stereocenters. The van der Waals surface area contributed by atoms with Gasteiger partial charge in [-0.15, -0.1) is 0 Å². The Labute approximate surface area is 87.6 Å². The fourth-order valence-corrected chi connectivity index (χ4v) is 1.69. The smallest absolute Gasteiger partial charge is 0.197 e. The lowest BCUT2D eigenvalue weighted by Crippen LogP contribution is -1.91. The molecule has 64 valence electrons. The summed E-state index contributed by atoms with van der Waals surface area (Å²) in [4.78, 5) is 4.02. The molecule has 2 rings (SSSR count). The number of nitrogens with zero attached hydrogens (tertiary/aromatic N) is 3. The van der Waals surface area contributed by atoms with Gasteiger partial charge in [-0.25, -0.2) is 4.98 Å². The van der Waals surface area contributed by atoms with Gasteiger partial charge in [-0.3, -0.25) is 4.40 Å². The van der Waals surface area contributed by atoms with E-state index in [0.717, 1.165) is 3.57 Å². The zero-order chi connectivity index (χ0) is 9.42. The number of pyridine rings is 1. The summed E-state index contributed by atoms with van der Waals surface area (Å²) in [6, 6.07) is 5.24. The molecule has 0 aliphatic heterocycles. The number of rotatable bonds is 0. The molecule has 0 saturated carbocycles. The molecule has 0 aromatic carbocycles. The molecule has 0 saturated heterocycles. The van der Waals surface area contributed by atoms with Crippen LogP contribution >= 0.6 is 22.6 Å². The third-order valence-electron chi connectivity index (χ3n) is 1.70. The van der Waals surface area contributed by atoms with Crippen molar-refractivity contribution in [3.8, 4) is 11.9 Å². The van der Waals surface area contributed by atoms with Crippen LogP contribution in [0.3, 0.4) is 0 Å². The van der Waals surface area contributed by atoms with Crippen molar-refractivity contribution in [2.45, 2.75) is 0 Å². The van der Waals surface area contributed by atoms with Crippen LogP contribution in [0.1, 0.15) is 5.69 Å². The zero-order valence-electron chi connectivity index (χ0n) is 6.40. The summed E-state index contributed by atoms with van der Waals surface area (Å²) in [5.74, 6) is 0.0319. The maximum atomic E-state index is 9.46. The minimum absolute atomic E-state index is 0.0319. The second-order valence-corrected chi connectivity index (χ2v) is 3.62. The first-order chi connectivity index (χ1) is 6.24. The van der Waals surface area contributed by atoms with Gasteiger partial charge < -0.3 is 5.11 Å². The maximum absolute atomic E-state index is 9.46. The molecule has 2 aromatic heterocycles. The van der Waals surface area contributed by atoms with Gasteiger partial charge in [0.1, 0.15) is 11.8 Å². The molecule has 5 heteroatoms. The lowest BCUT2D eigenvalue weighted by molar-refractivity contribution is 0.445. The normalized spacial score (nSPS) is 10.2. The maximum Gasteiger partial charge on any atom is 0.197 e. The summed E-state index contributed by atoms with van der Waals surface area (Å²) in [7, 11) is 0. The molecule has 0 atom stereocenters. The van der Waals surface area contributed by atoms with Crippen molar-refractivity contribution in [3.05, 3.63) is 27.6 Å². The van der Waals surface area contributed by atoms with Crippen LogP contribution in [0.4, 0.5) is 0 Å². The number of aromatic nitrogens is 2. The first-order valence-electron chi connectivity index (χ1n) is 3.49. The predicted molar refractivity (Wildman–Crippen MR) is 54.3 cm³/mol. The van der Waals surface area contributed by atoms with E-state index < -0.39 is 0 Å². The first-order valence-corrected chi connectivity index (χ1v) is 4.57. The highest BCUT2D eigenvalue weighted by Gasteiger charge is 2.08. The molecule has 1 N–H and O–H groups in total. The highest BCUT2D eigenvalue weighted by molar-refractivity contribution is 14.1. The SMILES string of the molecule is N#Cc1cnc2c(I)ccc(O)n12. The van der Waals surface area contributed by atoms with E-state index in [0.29, 0.717) is 11.3 Å². The molecule has 0 aliphatic rings. The van der Waals surface area contributed by atoms with E-state index in [4.69, 9.17) is 5.26 Å². The van der Waals surface area contributed by atoms with Gasteiger partial charge >= 0.3 is 0 Å². The summed E-state index contributed by atoms with van der Waals surface area (Å²) in [5.41, 5.74) is 0.947. The number of aromatic hydroxyl groups is 1. The molecule has 2 aromatic rings. The van der Waals surface area contributed by atoms with E-state index in [-0.39, 0.29) is 5.88 Å². The van der Waals surface area contributed by atoms with E-state index in [2.05, 4.69) is 27.6 Å². The van der Waals surface area contributed by atoms with Crippen LogP contribution < -0.4 is 0 Å². The van der Waals surface area contributed by atoms with Gasteiger partial charge in [0.05, 0.1) is 9.77 Å². The third kappa shape index (κ3) is 1.14. The van der Waals surface area contributed by atoms with Crippen LogP contribution in [0.5, 0.6) is 5.88 Å². The summed E-state index contributed by atoms with van der Waals surface area (Å²) >= 11 is 2.10. The number of halogens is 1. The summed E-state index contributed by atoms with van der Waals surface area (Å²) < 4.78 is 2.32. The van der Waals surface area contributed by atoms with Gasteiger partial charge in [0.25, 0.3) is 0 Å². The fraction of sp³-hybridized carbons (Fsp3) is 0. The summed E-state index contributed by atoms with van der Waals surface area (Å²) in [6.45, 7) is 0. The van der Waals surface area contributed by atoms with E-state index in [1.165, 1.54) is 16.7 Å². The molecule has 0 bridgehead atoms. The molecule has 0 spiro atoms. The van der Waals surface area contributed by atoms with Crippen molar-refractivity contribution < 1.29 is 5.11 Å². The van der Waals surface area contributed by atoms with E-state index in [9.17, 15) is 5.11 Å². The first kappa shape index (κ1) is 8.31. The van der Waals surface area contributed by atoms with Gasteiger partial charge in [0.15, 0.2) is 11.5 Å². The van der Waals surface area contributed by atoms with E-state index in [1.54, 1.807) is 6.07 Å². The minimum atomic E-state index is 0.0319. The highest BCUT2D eigenvalue weighted by atomic mass is 127. The summed E-state index contributed by atoms with van der Waals surface area (Å²) in [6.07, 6.45) is 1.44. The van der Waals surface area contributed by atoms with Crippen LogP contribution in [0, 0.1) is 14.9 Å². The predicted octanol–water partition coefficient (Wildman–Crippen LogP) is 1.52. The Hall–Kier alpha value is -1.29. The number of hydrogen-bond acceptors (Lipinski definition) is 3. The Bertz CT molecular complexity index is 512. The second kappa shape index (κ2) is 2.88. The number of nitriles is 1. The Morgan fingerprint density at radius 3 is 3.00 bits per heavy atom. The lowest BCUT2D eigenvalue weighted by atomic mass is 10.4. The van der Waals surface area contributed by atoms with Crippen LogP contribution in [0.25, 0.3) is 5.65 Å². The Kier molecular flexibility index (Phi) is 1.84. The lowest BCUT2D eigenvalue weighted by Gasteiger charge is -1.99. The second-order valence-electron chi connectivity index (χ2n) is 2.45. The van der Waals surface area contributed by atoms with Crippen LogP contribution in [0.15, 0.2) is 18.3 Å². The molecule has 2 heterocycles. The topological polar surface area (TPSA) is 61.3 Å². The monoisotopic (exact) mass is 285 g/mol. The van der Waals surface area contributed by atoms with Crippen LogP contribution in [-0.2, 0) is 0 Å². The third-order valence-corrected chi connectivity index (χ3v) is 2.54. The number of hydrogen-bond donors (Lipinski definition) is 1. The Balaban J connectivity index is 2.98. The van der Waals surface area contributed by atoms with Gasteiger partial charge in [0, 0.05) is 0 Å². The zero-order valence-corrected chi connectivity index (χ0v) is 8.56. The van der Waals surface area contributed by atoms with Crippen molar-refractivity contribution in [1.29, 1.82) is 5.26 Å². The molecular weight excluding hydrogens is 281 g/mol. The van der Waals surface area contributed by atoms with Gasteiger partial charge in [0.2, 0.25) is 0 Å². The van der Waals surface area contributed by atoms with Gasteiger partial charge in [-0.05, 0) is 34.7 Å². The molecule has 0 fully saturated rings. The van der Waals surface area contributed by atoms with Crippen molar-refractivity contribution >= 4 is 28.2 Å². The molecule has 0 amide bonds. The highest BCUT2D eigenvalue weighted by Crippen LogP contribution is 2.20. The summed E-state index contributed by atoms with van der Waals surface area (Å²) in [5, 5.41) is 18.2. The Morgan fingerprint density at radius 1 is 1.54 bits per heavy atom. The quantitative estimate of drug-likeness (QED) is 0.746. The molecule has 0 radical (unpaired) electrons. The largest absolute Gasteiger partial charge is 0.494 e. The standard InChI is InChI=1S/C8H4IN3O/c9-6-1-2-7(13)12-5(3-10)4-11-8(6)12/h1-2,4,13H. The average Bonchev–Trinajstić information content (AvgIpc) is 2.56. The Morgan fingerprint density at radius 2 is 2.31 bits per heavy atom. The van der Waals surface area contributed by atoms with Gasteiger partial charge in [-0.1, -0.05) is 0 Å². The van der Waals surface area contributed by atoms with Crippen molar-refractivity contribution in [1.82, 2.24) is 9.38 Å². The average molecular weight is 285 g/mol. The number of imidazole rings is 1. The minimum Gasteiger partial charge on any atom is -0.494 e. The molecule has 4 nitrogen and oxygen atoms in total. The molecular formula is C8H4IN3O. The van der Waals surface area contributed by atoms with E-state index in [1.807, 2.05) is 6.07 Å². The van der Waals surface area contributed by atoms with Gasteiger partial charge in [-0.2, -0.15) is 5.26 Å². The fourth-order valence-electron chi connectivity index (χ4n) is 1.13. The van der Waals surface area contributed by atoms with Crippen LogP contribution in [0.2, 0.25) is 0 Å². The van der Waals surface area contributed by atoms with E-state index >= 15 is 0 Å². The molecule has 13 heavy (non-hydrogen) atoms.